The van der Waals surface area contributed by atoms with E-state index in [1.807, 2.05) is 6.07 Å². The summed E-state index contributed by atoms with van der Waals surface area (Å²) in [4.78, 5) is 15.1. The zero-order valence-corrected chi connectivity index (χ0v) is 11.6. The normalized spacial score (nSPS) is 15.2. The number of nitro benzene ring substituents is 1. The van der Waals surface area contributed by atoms with Crippen molar-refractivity contribution in [2.24, 2.45) is 0 Å². The number of non-ortho nitro benzene ring substituents is 1. The van der Waals surface area contributed by atoms with Gasteiger partial charge in [0.05, 0.1) is 4.92 Å². The smallest absolute Gasteiger partial charge is 0.269 e. The largest absolute Gasteiger partial charge is 0.370 e. The Hall–Kier alpha value is -1.62. The van der Waals surface area contributed by atoms with Gasteiger partial charge in [-0.15, -0.1) is 0 Å². The van der Waals surface area contributed by atoms with Crippen LogP contribution in [0.15, 0.2) is 18.2 Å². The molecule has 0 aromatic heterocycles. The van der Waals surface area contributed by atoms with Crippen molar-refractivity contribution in [1.82, 2.24) is 4.90 Å². The summed E-state index contributed by atoms with van der Waals surface area (Å²) in [6.45, 7) is 3.01. The van der Waals surface area contributed by atoms with Crippen LogP contribution in [0.1, 0.15) is 18.4 Å². The number of hydrogen-bond acceptors (Lipinski definition) is 4. The lowest BCUT2D eigenvalue weighted by Crippen LogP contribution is -2.32. The quantitative estimate of drug-likeness (QED) is 0.618. The Balaban J connectivity index is 2.24. The maximum atomic E-state index is 10.9. The maximum absolute atomic E-state index is 10.9. The molecular weight excluding hydrogens is 242 g/mol. The van der Waals surface area contributed by atoms with Crippen molar-refractivity contribution in [3.05, 3.63) is 33.9 Å². The van der Waals surface area contributed by atoms with Crippen LogP contribution in [0.4, 0.5) is 11.4 Å². The van der Waals surface area contributed by atoms with E-state index in [0.29, 0.717) is 0 Å². The van der Waals surface area contributed by atoms with Gasteiger partial charge in [0.25, 0.3) is 5.69 Å². The Bertz CT molecular complexity index is 460. The van der Waals surface area contributed by atoms with Gasteiger partial charge in [0.2, 0.25) is 0 Å². The molecule has 104 valence electrons. The first-order valence-electron chi connectivity index (χ1n) is 6.75. The second-order valence-electron chi connectivity index (χ2n) is 5.32. The van der Waals surface area contributed by atoms with Crippen LogP contribution in [0.2, 0.25) is 0 Å². The van der Waals surface area contributed by atoms with E-state index in [1.54, 1.807) is 12.1 Å². The molecule has 0 fully saturated rings. The molecule has 19 heavy (non-hydrogen) atoms. The number of nitro groups is 1. The van der Waals surface area contributed by atoms with Crippen molar-refractivity contribution in [1.29, 1.82) is 0 Å². The highest BCUT2D eigenvalue weighted by Crippen LogP contribution is 2.29. The molecule has 0 saturated heterocycles. The summed E-state index contributed by atoms with van der Waals surface area (Å²) < 4.78 is 0. The van der Waals surface area contributed by atoms with Gasteiger partial charge >= 0.3 is 0 Å². The lowest BCUT2D eigenvalue weighted by molar-refractivity contribution is -0.384. The summed E-state index contributed by atoms with van der Waals surface area (Å²) in [7, 11) is 4.13. The zero-order valence-electron chi connectivity index (χ0n) is 11.6. The van der Waals surface area contributed by atoms with Gasteiger partial charge in [-0.2, -0.15) is 0 Å². The van der Waals surface area contributed by atoms with Crippen molar-refractivity contribution in [3.63, 3.8) is 0 Å². The molecule has 1 aromatic carbocycles. The van der Waals surface area contributed by atoms with Crippen molar-refractivity contribution in [3.8, 4) is 0 Å². The summed E-state index contributed by atoms with van der Waals surface area (Å²) in [6.07, 6.45) is 3.19. The van der Waals surface area contributed by atoms with Crippen LogP contribution in [0.3, 0.4) is 0 Å². The van der Waals surface area contributed by atoms with E-state index in [9.17, 15) is 10.1 Å². The van der Waals surface area contributed by atoms with Crippen LogP contribution < -0.4 is 4.90 Å². The Kier molecular flexibility index (Phi) is 4.37. The summed E-state index contributed by atoms with van der Waals surface area (Å²) >= 11 is 0. The minimum absolute atomic E-state index is 0.202. The Morgan fingerprint density at radius 2 is 2.16 bits per heavy atom. The molecule has 1 aliphatic rings. The molecule has 1 aliphatic heterocycles. The molecule has 2 rings (SSSR count). The molecule has 0 bridgehead atoms. The Labute approximate surface area is 114 Å². The number of fused-ring (bicyclic) bond motifs is 1. The number of hydrogen-bond donors (Lipinski definition) is 0. The van der Waals surface area contributed by atoms with E-state index in [-0.39, 0.29) is 10.6 Å². The third-order valence-corrected chi connectivity index (χ3v) is 3.56. The molecule has 1 aromatic rings. The van der Waals surface area contributed by atoms with Crippen molar-refractivity contribution in [2.45, 2.75) is 19.3 Å². The fourth-order valence-corrected chi connectivity index (χ4v) is 2.49. The van der Waals surface area contributed by atoms with Crippen molar-refractivity contribution in [2.75, 3.05) is 38.6 Å². The van der Waals surface area contributed by atoms with Crippen LogP contribution in [0, 0.1) is 10.1 Å². The van der Waals surface area contributed by atoms with Gasteiger partial charge in [-0.1, -0.05) is 0 Å². The SMILES string of the molecule is CN(C)CCN1CCCCc2cc([N+](=O)[O-])ccc21. The molecule has 1 heterocycles. The second kappa shape index (κ2) is 6.02. The van der Waals surface area contributed by atoms with Crippen LogP contribution in [-0.4, -0.2) is 43.6 Å². The minimum Gasteiger partial charge on any atom is -0.370 e. The second-order valence-corrected chi connectivity index (χ2v) is 5.32. The highest BCUT2D eigenvalue weighted by Gasteiger charge is 2.18. The topological polar surface area (TPSA) is 49.6 Å². The van der Waals surface area contributed by atoms with Gasteiger partial charge in [-0.3, -0.25) is 10.1 Å². The molecule has 0 saturated carbocycles. The standard InChI is InChI=1S/C14H21N3O2/c1-15(2)9-10-16-8-4-3-5-12-11-13(17(18)19)6-7-14(12)16/h6-7,11H,3-5,8-10H2,1-2H3. The minimum atomic E-state index is -0.310. The predicted octanol–water partition coefficient (Wildman–Crippen LogP) is 2.30. The van der Waals surface area contributed by atoms with E-state index in [2.05, 4.69) is 23.9 Å². The van der Waals surface area contributed by atoms with E-state index in [4.69, 9.17) is 0 Å². The molecule has 0 spiro atoms. The van der Waals surface area contributed by atoms with E-state index >= 15 is 0 Å². The fourth-order valence-electron chi connectivity index (χ4n) is 2.49. The lowest BCUT2D eigenvalue weighted by Gasteiger charge is -2.26. The summed E-state index contributed by atoms with van der Waals surface area (Å²) in [5, 5.41) is 10.9. The predicted molar refractivity (Wildman–Crippen MR) is 76.8 cm³/mol. The number of anilines is 1. The fraction of sp³-hybridized carbons (Fsp3) is 0.571. The van der Waals surface area contributed by atoms with Crippen LogP contribution in [0.5, 0.6) is 0 Å². The Morgan fingerprint density at radius 1 is 1.37 bits per heavy atom. The molecule has 0 unspecified atom stereocenters. The first kappa shape index (κ1) is 13.8. The number of likely N-dealkylation sites (N-methyl/N-ethyl adjacent to an activating group) is 1. The molecular formula is C14H21N3O2. The highest BCUT2D eigenvalue weighted by molar-refractivity contribution is 5.58. The van der Waals surface area contributed by atoms with E-state index < -0.39 is 0 Å². The molecule has 0 amide bonds. The van der Waals surface area contributed by atoms with Crippen molar-refractivity contribution >= 4 is 11.4 Å². The van der Waals surface area contributed by atoms with Crippen LogP contribution in [-0.2, 0) is 6.42 Å². The molecule has 0 atom stereocenters. The van der Waals surface area contributed by atoms with Gasteiger partial charge in [-0.05, 0) is 45.0 Å². The Morgan fingerprint density at radius 3 is 2.84 bits per heavy atom. The maximum Gasteiger partial charge on any atom is 0.269 e. The van der Waals surface area contributed by atoms with Crippen molar-refractivity contribution < 1.29 is 4.92 Å². The van der Waals surface area contributed by atoms with E-state index in [0.717, 1.165) is 44.5 Å². The van der Waals surface area contributed by atoms with Gasteiger partial charge in [-0.25, -0.2) is 0 Å². The average Bonchev–Trinajstić information content (AvgIpc) is 2.57. The average molecular weight is 263 g/mol. The number of benzene rings is 1. The third kappa shape index (κ3) is 3.44. The molecule has 5 heteroatoms. The molecule has 0 aliphatic carbocycles. The summed E-state index contributed by atoms with van der Waals surface area (Å²) in [5.74, 6) is 0. The summed E-state index contributed by atoms with van der Waals surface area (Å²) in [5.41, 5.74) is 2.49. The lowest BCUT2D eigenvalue weighted by atomic mass is 10.1. The first-order chi connectivity index (χ1) is 9.08. The number of rotatable bonds is 4. The van der Waals surface area contributed by atoms with Gasteiger partial charge < -0.3 is 9.80 Å². The van der Waals surface area contributed by atoms with Gasteiger partial charge in [0, 0.05) is 37.5 Å². The van der Waals surface area contributed by atoms with Crippen LogP contribution >= 0.6 is 0 Å². The van der Waals surface area contributed by atoms with Crippen LogP contribution in [0.25, 0.3) is 0 Å². The monoisotopic (exact) mass is 263 g/mol. The van der Waals surface area contributed by atoms with Gasteiger partial charge in [0.15, 0.2) is 0 Å². The third-order valence-electron chi connectivity index (χ3n) is 3.56. The number of aryl methyl sites for hydroxylation is 1. The van der Waals surface area contributed by atoms with E-state index in [1.165, 1.54) is 5.69 Å². The molecule has 5 nitrogen and oxygen atoms in total. The molecule has 0 N–H and O–H groups in total. The zero-order chi connectivity index (χ0) is 13.8. The summed E-state index contributed by atoms with van der Waals surface area (Å²) in [6, 6.07) is 5.27. The highest BCUT2D eigenvalue weighted by atomic mass is 16.6. The first-order valence-corrected chi connectivity index (χ1v) is 6.75. The molecule has 0 radical (unpaired) electrons. The number of nitrogens with zero attached hydrogens (tertiary/aromatic N) is 3. The van der Waals surface area contributed by atoms with Gasteiger partial charge in [0.1, 0.15) is 0 Å².